The first-order chi connectivity index (χ1) is 20.5. The highest BCUT2D eigenvalue weighted by Gasteiger charge is 2.35. The fourth-order valence-electron chi connectivity index (χ4n) is 5.10. The Kier molecular flexibility index (Phi) is 8.53. The lowest BCUT2D eigenvalue weighted by molar-refractivity contribution is -0.138. The summed E-state index contributed by atoms with van der Waals surface area (Å²) in [6.07, 6.45) is 3.75. The monoisotopic (exact) mass is 665 g/mol. The number of hydrogen-bond acceptors (Lipinski definition) is 9. The van der Waals surface area contributed by atoms with Crippen LogP contribution in [0, 0.1) is 0 Å². The lowest BCUT2D eigenvalue weighted by Gasteiger charge is -2.26. The molecule has 0 N–H and O–H groups in total. The van der Waals surface area contributed by atoms with E-state index in [0.717, 1.165) is 33.6 Å². The number of anilines is 1. The van der Waals surface area contributed by atoms with Gasteiger partial charge in [0.05, 0.1) is 46.1 Å². The number of esters is 1. The first-order valence-electron chi connectivity index (χ1n) is 13.5. The molecule has 1 fully saturated rings. The molecule has 2 aromatic carbocycles. The van der Waals surface area contributed by atoms with Crippen LogP contribution in [0.25, 0.3) is 11.8 Å². The molecule has 0 amide bonds. The molecule has 0 radical (unpaired) electrons. The van der Waals surface area contributed by atoms with Crippen molar-refractivity contribution >= 4 is 62.7 Å². The number of ether oxygens (including phenoxy) is 2. The van der Waals surface area contributed by atoms with E-state index >= 15 is 0 Å². The van der Waals surface area contributed by atoms with Crippen molar-refractivity contribution in [1.29, 1.82) is 0 Å². The van der Waals surface area contributed by atoms with Gasteiger partial charge in [0.25, 0.3) is 5.56 Å². The lowest BCUT2D eigenvalue weighted by Crippen LogP contribution is -2.40. The van der Waals surface area contributed by atoms with Crippen molar-refractivity contribution in [3.63, 3.8) is 0 Å². The first kappa shape index (κ1) is 28.7. The smallest absolute Gasteiger partial charge is 0.338 e. The van der Waals surface area contributed by atoms with Crippen LogP contribution in [0.5, 0.6) is 0 Å². The molecule has 0 spiro atoms. The minimum atomic E-state index is -0.721. The van der Waals surface area contributed by atoms with Crippen LogP contribution < -0.4 is 19.8 Å². The Morgan fingerprint density at radius 1 is 1.17 bits per heavy atom. The number of halogens is 1. The summed E-state index contributed by atoms with van der Waals surface area (Å²) in [4.78, 5) is 36.3. The average molecular weight is 667 g/mol. The van der Waals surface area contributed by atoms with Gasteiger partial charge in [0.1, 0.15) is 5.76 Å². The standard InChI is InChI=1S/C31H28BrN3O5S2/c1-3-39-30(37)25-26(19-7-5-4-6-8-19)33-31-35(27(25)20-9-11-22(41-2)12-10-20)28(36)24(42-31)18-21-17-23(32)29(40-21)34-13-15-38-16-14-34/h4-12,17-18,27H,3,13-16H2,1-2H3/b24-18+/t27-/m1/s1. The Labute approximate surface area is 259 Å². The molecule has 2 aliphatic heterocycles. The van der Waals surface area contributed by atoms with E-state index in [-0.39, 0.29) is 12.2 Å². The number of carbonyl (C=O) groups excluding carboxylic acids is 1. The van der Waals surface area contributed by atoms with E-state index in [9.17, 15) is 9.59 Å². The van der Waals surface area contributed by atoms with Crippen molar-refractivity contribution in [3.05, 3.63) is 107 Å². The number of hydrogen-bond donors (Lipinski definition) is 0. The van der Waals surface area contributed by atoms with Crippen LogP contribution in [-0.2, 0) is 14.3 Å². The molecule has 0 bridgehead atoms. The van der Waals surface area contributed by atoms with Gasteiger partial charge in [-0.15, -0.1) is 11.8 Å². The van der Waals surface area contributed by atoms with Gasteiger partial charge in [-0.1, -0.05) is 53.8 Å². The summed E-state index contributed by atoms with van der Waals surface area (Å²) in [6.45, 7) is 4.68. The van der Waals surface area contributed by atoms with Crippen molar-refractivity contribution in [2.24, 2.45) is 4.99 Å². The third kappa shape index (κ3) is 5.54. The number of thioether (sulfide) groups is 1. The Morgan fingerprint density at radius 2 is 1.90 bits per heavy atom. The number of thiazole rings is 1. The largest absolute Gasteiger partial charge is 0.463 e. The van der Waals surface area contributed by atoms with Crippen LogP contribution in [0.3, 0.4) is 0 Å². The normalized spacial score (nSPS) is 17.3. The van der Waals surface area contributed by atoms with E-state index in [0.29, 0.717) is 45.5 Å². The van der Waals surface area contributed by atoms with E-state index in [1.807, 2.05) is 66.9 Å². The molecule has 0 aliphatic carbocycles. The molecule has 1 atom stereocenters. The summed E-state index contributed by atoms with van der Waals surface area (Å²) in [5.74, 6) is 0.751. The molecular weight excluding hydrogens is 638 g/mol. The number of carbonyl (C=O) groups is 1. The van der Waals surface area contributed by atoms with E-state index in [1.54, 1.807) is 29.3 Å². The minimum Gasteiger partial charge on any atom is -0.463 e. The second kappa shape index (κ2) is 12.5. The van der Waals surface area contributed by atoms with E-state index < -0.39 is 12.0 Å². The molecule has 1 saturated heterocycles. The number of furan rings is 1. The molecule has 0 unspecified atom stereocenters. The number of fused-ring (bicyclic) bond motifs is 1. The molecule has 4 heterocycles. The predicted molar refractivity (Wildman–Crippen MR) is 169 cm³/mol. The van der Waals surface area contributed by atoms with E-state index in [2.05, 4.69) is 20.8 Å². The SMILES string of the molecule is CCOC(=O)C1=C(c2ccccc2)N=c2s/c(=C/c3cc(Br)c(N4CCOCC4)o3)c(=O)n2[C@@H]1c1ccc(SC)cc1. The van der Waals surface area contributed by atoms with Crippen molar-refractivity contribution in [1.82, 2.24) is 4.57 Å². The van der Waals surface area contributed by atoms with Gasteiger partial charge >= 0.3 is 5.97 Å². The molecule has 216 valence electrons. The summed E-state index contributed by atoms with van der Waals surface area (Å²) in [7, 11) is 0. The zero-order valence-corrected chi connectivity index (χ0v) is 26.3. The quantitative estimate of drug-likeness (QED) is 0.206. The van der Waals surface area contributed by atoms with Crippen LogP contribution >= 0.6 is 39.0 Å². The predicted octanol–water partition coefficient (Wildman–Crippen LogP) is 4.85. The van der Waals surface area contributed by atoms with Gasteiger partial charge in [-0.3, -0.25) is 9.36 Å². The highest BCUT2D eigenvalue weighted by atomic mass is 79.9. The molecule has 4 aromatic rings. The number of morpholine rings is 1. The third-order valence-electron chi connectivity index (χ3n) is 7.06. The molecule has 2 aromatic heterocycles. The summed E-state index contributed by atoms with van der Waals surface area (Å²) in [5.41, 5.74) is 2.13. The lowest BCUT2D eigenvalue weighted by atomic mass is 9.93. The highest BCUT2D eigenvalue weighted by molar-refractivity contribution is 9.10. The van der Waals surface area contributed by atoms with E-state index in [4.69, 9.17) is 18.9 Å². The van der Waals surface area contributed by atoms with Crippen LogP contribution in [0.2, 0.25) is 0 Å². The molecule has 11 heteroatoms. The van der Waals surface area contributed by atoms with Gasteiger partial charge in [-0.05, 0) is 46.8 Å². The Hall–Kier alpha value is -3.38. The maximum Gasteiger partial charge on any atom is 0.338 e. The van der Waals surface area contributed by atoms with E-state index in [1.165, 1.54) is 11.3 Å². The zero-order valence-electron chi connectivity index (χ0n) is 23.0. The molecule has 8 nitrogen and oxygen atoms in total. The molecule has 42 heavy (non-hydrogen) atoms. The second-order valence-electron chi connectivity index (χ2n) is 9.61. The number of rotatable bonds is 7. The average Bonchev–Trinajstić information content (AvgIpc) is 3.55. The zero-order chi connectivity index (χ0) is 29.2. The van der Waals surface area contributed by atoms with Crippen LogP contribution in [0.15, 0.2) is 89.8 Å². The molecule has 2 aliphatic rings. The van der Waals surface area contributed by atoms with Crippen molar-refractivity contribution in [2.75, 3.05) is 44.1 Å². The fourth-order valence-corrected chi connectivity index (χ4v) is 7.05. The molecule has 0 saturated carbocycles. The van der Waals surface area contributed by atoms with Gasteiger partial charge in [0, 0.05) is 35.7 Å². The van der Waals surface area contributed by atoms with Crippen molar-refractivity contribution < 1.29 is 18.7 Å². The van der Waals surface area contributed by atoms with Crippen LogP contribution in [-0.4, -0.2) is 49.7 Å². The fraction of sp³-hybridized carbons (Fsp3) is 0.258. The maximum atomic E-state index is 14.1. The number of benzene rings is 2. The topological polar surface area (TPSA) is 86.3 Å². The Morgan fingerprint density at radius 3 is 2.60 bits per heavy atom. The van der Waals surface area contributed by atoms with Crippen molar-refractivity contribution in [2.45, 2.75) is 17.9 Å². The van der Waals surface area contributed by atoms with Gasteiger partial charge in [0.15, 0.2) is 4.80 Å². The van der Waals surface area contributed by atoms with Crippen LogP contribution in [0.1, 0.15) is 29.9 Å². The second-order valence-corrected chi connectivity index (χ2v) is 12.3. The first-order valence-corrected chi connectivity index (χ1v) is 16.4. The molecular formula is C31H28BrN3O5S2. The Balaban J connectivity index is 1.55. The van der Waals surface area contributed by atoms with Crippen LogP contribution in [0.4, 0.5) is 5.88 Å². The van der Waals surface area contributed by atoms with Gasteiger partial charge in [-0.2, -0.15) is 0 Å². The summed E-state index contributed by atoms with van der Waals surface area (Å²) in [5, 5.41) is 0. The minimum absolute atomic E-state index is 0.200. The number of nitrogens with zero attached hydrogens (tertiary/aromatic N) is 3. The highest BCUT2D eigenvalue weighted by Crippen LogP contribution is 2.36. The third-order valence-corrected chi connectivity index (χ3v) is 9.36. The summed E-state index contributed by atoms with van der Waals surface area (Å²) in [6, 6.07) is 18.6. The maximum absolute atomic E-state index is 14.1. The van der Waals surface area contributed by atoms with Gasteiger partial charge in [0.2, 0.25) is 5.88 Å². The summed E-state index contributed by atoms with van der Waals surface area (Å²) < 4.78 is 20.1. The van der Waals surface area contributed by atoms with Gasteiger partial charge < -0.3 is 18.8 Å². The van der Waals surface area contributed by atoms with Gasteiger partial charge in [-0.25, -0.2) is 9.79 Å². The Bertz CT molecular complexity index is 1820. The number of aromatic nitrogens is 1. The molecule has 6 rings (SSSR count). The summed E-state index contributed by atoms with van der Waals surface area (Å²) >= 11 is 6.51. The van der Waals surface area contributed by atoms with Crippen molar-refractivity contribution in [3.8, 4) is 0 Å².